The van der Waals surface area contributed by atoms with Gasteiger partial charge in [0.2, 0.25) is 0 Å². The van der Waals surface area contributed by atoms with Crippen LogP contribution in [-0.2, 0) is 4.74 Å². The van der Waals surface area contributed by atoms with Crippen molar-refractivity contribution in [3.8, 4) is 0 Å². The molecule has 0 bridgehead atoms. The zero-order valence-electron chi connectivity index (χ0n) is 11.7. The predicted molar refractivity (Wildman–Crippen MR) is 80.3 cm³/mol. The number of nitrogens with zero attached hydrogens (tertiary/aromatic N) is 1. The van der Waals surface area contributed by atoms with E-state index in [4.69, 9.17) is 16.3 Å². The number of nitrogens with one attached hydrogen (secondary N) is 2. The minimum atomic E-state index is -0.434. The number of morpholine rings is 1. The molecule has 2 amide bonds. The van der Waals surface area contributed by atoms with E-state index in [0.717, 1.165) is 45.3 Å². The minimum absolute atomic E-state index is 0.179. The van der Waals surface area contributed by atoms with Crippen molar-refractivity contribution >= 4 is 23.3 Å². The Labute approximate surface area is 128 Å². The van der Waals surface area contributed by atoms with Gasteiger partial charge in [-0.15, -0.1) is 0 Å². The highest BCUT2D eigenvalue weighted by Crippen LogP contribution is 2.22. The van der Waals surface area contributed by atoms with Crippen LogP contribution in [0.25, 0.3) is 0 Å². The summed E-state index contributed by atoms with van der Waals surface area (Å²) >= 11 is 5.84. The molecule has 1 aromatic rings. The summed E-state index contributed by atoms with van der Waals surface area (Å²) in [4.78, 5) is 14.0. The van der Waals surface area contributed by atoms with Gasteiger partial charge in [-0.25, -0.2) is 9.18 Å². The van der Waals surface area contributed by atoms with Gasteiger partial charge in [0, 0.05) is 19.6 Å². The molecule has 5 nitrogen and oxygen atoms in total. The number of benzene rings is 1. The summed E-state index contributed by atoms with van der Waals surface area (Å²) in [6, 6.07) is 3.51. The second-order valence-corrected chi connectivity index (χ2v) is 5.22. The van der Waals surface area contributed by atoms with Crippen LogP contribution in [-0.4, -0.2) is 50.3 Å². The molecule has 0 unspecified atom stereocenters. The van der Waals surface area contributed by atoms with Crippen LogP contribution < -0.4 is 10.6 Å². The lowest BCUT2D eigenvalue weighted by Crippen LogP contribution is -2.38. The third-order valence-corrected chi connectivity index (χ3v) is 3.53. The van der Waals surface area contributed by atoms with Gasteiger partial charge in [0.1, 0.15) is 5.82 Å². The van der Waals surface area contributed by atoms with Crippen LogP contribution in [0.1, 0.15) is 6.42 Å². The lowest BCUT2D eigenvalue weighted by atomic mass is 10.3. The molecule has 2 rings (SSSR count). The highest BCUT2D eigenvalue weighted by Gasteiger charge is 2.10. The number of amides is 2. The van der Waals surface area contributed by atoms with Gasteiger partial charge in [-0.05, 0) is 31.2 Å². The molecule has 0 saturated carbocycles. The molecule has 0 atom stereocenters. The zero-order valence-corrected chi connectivity index (χ0v) is 12.5. The monoisotopic (exact) mass is 315 g/mol. The van der Waals surface area contributed by atoms with E-state index >= 15 is 0 Å². The smallest absolute Gasteiger partial charge is 0.319 e. The Kier molecular flexibility index (Phi) is 6.22. The third-order valence-electron chi connectivity index (χ3n) is 3.22. The molecular formula is C14H19ClFN3O2. The standard InChI is InChI=1S/C14H19ClFN3O2/c15-12-10-11(16)2-3-13(12)18-14(20)17-4-1-5-19-6-8-21-9-7-19/h2-3,10H,1,4-9H2,(H2,17,18,20). The first-order chi connectivity index (χ1) is 10.1. The number of hydrogen-bond donors (Lipinski definition) is 2. The van der Waals surface area contributed by atoms with E-state index in [2.05, 4.69) is 15.5 Å². The highest BCUT2D eigenvalue weighted by molar-refractivity contribution is 6.33. The first-order valence-electron chi connectivity index (χ1n) is 6.95. The van der Waals surface area contributed by atoms with Crippen molar-refractivity contribution in [2.75, 3.05) is 44.7 Å². The fourth-order valence-electron chi connectivity index (χ4n) is 2.09. The first-order valence-corrected chi connectivity index (χ1v) is 7.33. The SMILES string of the molecule is O=C(NCCCN1CCOCC1)Nc1ccc(F)cc1Cl. The van der Waals surface area contributed by atoms with E-state index in [0.29, 0.717) is 12.2 Å². The molecule has 1 saturated heterocycles. The van der Waals surface area contributed by atoms with E-state index in [1.807, 2.05) is 0 Å². The molecule has 7 heteroatoms. The fourth-order valence-corrected chi connectivity index (χ4v) is 2.30. The molecule has 0 spiro atoms. The maximum Gasteiger partial charge on any atom is 0.319 e. The fraction of sp³-hybridized carbons (Fsp3) is 0.500. The van der Waals surface area contributed by atoms with Crippen molar-refractivity contribution < 1.29 is 13.9 Å². The number of anilines is 1. The summed E-state index contributed by atoms with van der Waals surface area (Å²) in [5, 5.41) is 5.52. The molecule has 1 aliphatic rings. The number of carbonyl (C=O) groups is 1. The van der Waals surface area contributed by atoms with Crippen molar-refractivity contribution in [2.45, 2.75) is 6.42 Å². The quantitative estimate of drug-likeness (QED) is 0.820. The number of rotatable bonds is 5. The molecule has 0 aromatic heterocycles. The highest BCUT2D eigenvalue weighted by atomic mass is 35.5. The van der Waals surface area contributed by atoms with Gasteiger partial charge in [0.15, 0.2) is 0 Å². The molecule has 2 N–H and O–H groups in total. The Morgan fingerprint density at radius 2 is 2.14 bits per heavy atom. The molecule has 116 valence electrons. The van der Waals surface area contributed by atoms with Crippen molar-refractivity contribution in [2.24, 2.45) is 0 Å². The number of urea groups is 1. The number of halogens is 2. The second kappa shape index (κ2) is 8.17. The van der Waals surface area contributed by atoms with Gasteiger partial charge in [0.25, 0.3) is 0 Å². The minimum Gasteiger partial charge on any atom is -0.379 e. The number of carbonyl (C=O) groups excluding carboxylic acids is 1. The number of hydrogen-bond acceptors (Lipinski definition) is 3. The van der Waals surface area contributed by atoms with Gasteiger partial charge >= 0.3 is 6.03 Å². The summed E-state index contributed by atoms with van der Waals surface area (Å²) in [7, 11) is 0. The molecule has 1 aromatic carbocycles. The molecule has 1 heterocycles. The van der Waals surface area contributed by atoms with E-state index < -0.39 is 5.82 Å². The molecule has 21 heavy (non-hydrogen) atoms. The van der Waals surface area contributed by atoms with Crippen LogP contribution in [0.3, 0.4) is 0 Å². The predicted octanol–water partition coefficient (Wildman–Crippen LogP) is 2.32. The van der Waals surface area contributed by atoms with Gasteiger partial charge in [-0.3, -0.25) is 4.90 Å². The van der Waals surface area contributed by atoms with Gasteiger partial charge in [-0.2, -0.15) is 0 Å². The molecule has 0 radical (unpaired) electrons. The third kappa shape index (κ3) is 5.49. The van der Waals surface area contributed by atoms with Gasteiger partial charge in [0.05, 0.1) is 23.9 Å². The second-order valence-electron chi connectivity index (χ2n) is 4.81. The topological polar surface area (TPSA) is 53.6 Å². The zero-order chi connectivity index (χ0) is 15.1. The average molecular weight is 316 g/mol. The van der Waals surface area contributed by atoms with E-state index in [-0.39, 0.29) is 11.1 Å². The Balaban J connectivity index is 1.65. The summed E-state index contributed by atoms with van der Waals surface area (Å²) < 4.78 is 18.2. The van der Waals surface area contributed by atoms with Gasteiger partial charge < -0.3 is 15.4 Å². The van der Waals surface area contributed by atoms with E-state index in [9.17, 15) is 9.18 Å². The van der Waals surface area contributed by atoms with Crippen LogP contribution in [0.4, 0.5) is 14.9 Å². The molecule has 0 aliphatic carbocycles. The Morgan fingerprint density at radius 3 is 2.86 bits per heavy atom. The van der Waals surface area contributed by atoms with Gasteiger partial charge in [-0.1, -0.05) is 11.6 Å². The Bertz CT molecular complexity index is 481. The first kappa shape index (κ1) is 16.0. The largest absolute Gasteiger partial charge is 0.379 e. The van der Waals surface area contributed by atoms with Crippen LogP contribution in [0.5, 0.6) is 0 Å². The van der Waals surface area contributed by atoms with E-state index in [1.54, 1.807) is 0 Å². The van der Waals surface area contributed by atoms with Crippen molar-refractivity contribution in [3.05, 3.63) is 29.0 Å². The number of ether oxygens (including phenoxy) is 1. The van der Waals surface area contributed by atoms with Crippen LogP contribution in [0.15, 0.2) is 18.2 Å². The summed E-state index contributed by atoms with van der Waals surface area (Å²) in [6.07, 6.45) is 0.866. The Morgan fingerprint density at radius 1 is 1.38 bits per heavy atom. The van der Waals surface area contributed by atoms with E-state index in [1.165, 1.54) is 12.1 Å². The van der Waals surface area contributed by atoms with Crippen molar-refractivity contribution in [1.29, 1.82) is 0 Å². The average Bonchev–Trinajstić information content (AvgIpc) is 2.48. The summed E-state index contributed by atoms with van der Waals surface area (Å²) in [5.41, 5.74) is 0.392. The maximum atomic E-state index is 12.9. The molecule has 1 aliphatic heterocycles. The summed E-state index contributed by atoms with van der Waals surface area (Å²) in [6.45, 7) is 4.94. The maximum absolute atomic E-state index is 12.9. The normalized spacial score (nSPS) is 15.7. The molecule has 1 fully saturated rings. The lowest BCUT2D eigenvalue weighted by molar-refractivity contribution is 0.0375. The summed E-state index contributed by atoms with van der Waals surface area (Å²) in [5.74, 6) is -0.434. The Hall–Kier alpha value is -1.37. The van der Waals surface area contributed by atoms with Crippen LogP contribution >= 0.6 is 11.6 Å². The van der Waals surface area contributed by atoms with Crippen molar-refractivity contribution in [3.63, 3.8) is 0 Å². The van der Waals surface area contributed by atoms with Crippen molar-refractivity contribution in [1.82, 2.24) is 10.2 Å². The molecular weight excluding hydrogens is 297 g/mol. The van der Waals surface area contributed by atoms with Crippen LogP contribution in [0.2, 0.25) is 5.02 Å². The lowest BCUT2D eigenvalue weighted by Gasteiger charge is -2.26. The van der Waals surface area contributed by atoms with Crippen LogP contribution in [0, 0.1) is 5.82 Å².